The number of aliphatic carboxylic acids is 2. The van der Waals surface area contributed by atoms with E-state index >= 15 is 0 Å². The molecule has 25 nitrogen and oxygen atoms in total. The molecule has 1 aliphatic rings. The molecule has 442 valence electrons. The minimum atomic E-state index is -1.33. The quantitative estimate of drug-likeness (QED) is 0.0489. The third-order valence-electron chi connectivity index (χ3n) is 13.0. The molecule has 5 atom stereocenters. The number of anilines is 1. The number of fused-ring (bicyclic) bond motifs is 14. The van der Waals surface area contributed by atoms with E-state index in [1.165, 1.54) is 25.5 Å². The second-order valence-electron chi connectivity index (χ2n) is 19.4. The van der Waals surface area contributed by atoms with Crippen LogP contribution in [0, 0.1) is 18.8 Å². The summed E-state index contributed by atoms with van der Waals surface area (Å²) in [6.45, 7) is 4.88. The van der Waals surface area contributed by atoms with Gasteiger partial charge in [-0.15, -0.1) is 68.0 Å². The fraction of sp³-hybridized carbons (Fsp3) is 0.315. The summed E-state index contributed by atoms with van der Waals surface area (Å²) in [5, 5.41) is 55.8. The fourth-order valence-electron chi connectivity index (χ4n) is 8.68. The summed E-state index contributed by atoms with van der Waals surface area (Å²) in [5.41, 5.74) is 2.33. The molecule has 0 unspecified atom stereocenters. The molecule has 10 bridgehead atoms. The highest BCUT2D eigenvalue weighted by atomic mass is 32.1. The highest BCUT2D eigenvalue weighted by molar-refractivity contribution is 7.15. The van der Waals surface area contributed by atoms with Crippen molar-refractivity contribution >= 4 is 121 Å². The second-order valence-corrected chi connectivity index (χ2v) is 25.2. The minimum Gasteiger partial charge on any atom is -0.481 e. The zero-order valence-corrected chi connectivity index (χ0v) is 50.6. The predicted octanol–water partition coefficient (Wildman–Crippen LogP) is 7.21. The van der Waals surface area contributed by atoms with E-state index in [9.17, 15) is 48.6 Å². The second kappa shape index (κ2) is 27.2. The molecular weight excluding hydrogens is 1220 g/mol. The molecular formula is C54H53N13O12S6. The zero-order chi connectivity index (χ0) is 60.6. The van der Waals surface area contributed by atoms with Crippen molar-refractivity contribution in [1.82, 2.24) is 61.5 Å². The molecule has 1 aromatic carbocycles. The lowest BCUT2D eigenvalue weighted by atomic mass is 9.99. The Kier molecular flexibility index (Phi) is 19.7. The highest BCUT2D eigenvalue weighted by Crippen LogP contribution is 2.40. The van der Waals surface area contributed by atoms with Gasteiger partial charge in [0.1, 0.15) is 82.2 Å². The van der Waals surface area contributed by atoms with Crippen LogP contribution in [0.15, 0.2) is 64.0 Å². The number of aliphatic hydroxyl groups is 1. The van der Waals surface area contributed by atoms with E-state index in [4.69, 9.17) is 29.8 Å². The fourth-order valence-corrected chi connectivity index (χ4v) is 14.2. The number of rotatable bonds is 15. The molecule has 6 amide bonds. The number of aromatic nitrogens is 7. The van der Waals surface area contributed by atoms with Gasteiger partial charge in [-0.05, 0) is 37.0 Å². The number of ether oxygens (including phenoxy) is 1. The van der Waals surface area contributed by atoms with Crippen LogP contribution in [0.1, 0.15) is 126 Å². The molecule has 8 heterocycles. The van der Waals surface area contributed by atoms with Crippen molar-refractivity contribution in [2.24, 2.45) is 11.8 Å². The molecule has 7 aromatic heterocycles. The number of thiazole rings is 6. The molecule has 85 heavy (non-hydrogen) atoms. The van der Waals surface area contributed by atoms with Gasteiger partial charge in [0.15, 0.2) is 0 Å². The number of amides is 6. The van der Waals surface area contributed by atoms with Crippen molar-refractivity contribution in [3.63, 3.8) is 0 Å². The molecule has 31 heteroatoms. The van der Waals surface area contributed by atoms with Gasteiger partial charge < -0.3 is 52.0 Å². The molecule has 0 fully saturated rings. The van der Waals surface area contributed by atoms with E-state index in [0.29, 0.717) is 68.7 Å². The van der Waals surface area contributed by atoms with Crippen molar-refractivity contribution in [3.05, 3.63) is 111 Å². The lowest BCUT2D eigenvalue weighted by Gasteiger charge is -2.23. The van der Waals surface area contributed by atoms with Gasteiger partial charge in [0.05, 0.1) is 54.6 Å². The summed E-state index contributed by atoms with van der Waals surface area (Å²) in [6, 6.07) is 9.20. The first kappa shape index (κ1) is 61.4. The summed E-state index contributed by atoms with van der Waals surface area (Å²) in [4.78, 5) is 140. The van der Waals surface area contributed by atoms with Crippen LogP contribution in [0.3, 0.4) is 0 Å². The Hall–Kier alpha value is -8.17. The van der Waals surface area contributed by atoms with Crippen LogP contribution < -0.4 is 31.9 Å². The molecule has 0 saturated heterocycles. The summed E-state index contributed by atoms with van der Waals surface area (Å²) < 4.78 is 5.44. The first-order valence-corrected chi connectivity index (χ1v) is 31.1. The molecule has 1 aliphatic heterocycles. The highest BCUT2D eigenvalue weighted by Gasteiger charge is 2.33. The number of aliphatic hydroxyl groups excluding tert-OH is 1. The van der Waals surface area contributed by atoms with E-state index in [-0.39, 0.29) is 59.7 Å². The lowest BCUT2D eigenvalue weighted by Crippen LogP contribution is -2.40. The number of carboxylic acid groups (broad SMARTS) is 2. The van der Waals surface area contributed by atoms with Crippen molar-refractivity contribution in [3.8, 4) is 43.4 Å². The van der Waals surface area contributed by atoms with Crippen LogP contribution in [-0.4, -0.2) is 118 Å². The molecule has 0 spiro atoms. The normalized spacial score (nSPS) is 16.5. The number of nitrogens with one attached hydrogen (secondary N) is 6. The van der Waals surface area contributed by atoms with Gasteiger partial charge in [0.25, 0.3) is 17.7 Å². The van der Waals surface area contributed by atoms with E-state index in [1.54, 1.807) is 70.9 Å². The van der Waals surface area contributed by atoms with Crippen molar-refractivity contribution in [2.75, 3.05) is 26.0 Å². The van der Waals surface area contributed by atoms with Crippen LogP contribution in [-0.2, 0) is 35.3 Å². The molecule has 9 rings (SSSR count). The van der Waals surface area contributed by atoms with Gasteiger partial charge in [-0.25, -0.2) is 34.9 Å². The number of methoxy groups -OCH3 is 1. The third-order valence-corrected chi connectivity index (χ3v) is 18.7. The van der Waals surface area contributed by atoms with Gasteiger partial charge in [-0.2, -0.15) is 0 Å². The standard InChI is InChI=1S/C54H53N13O12S6/c1-23(2)39-53-67-42(33(85-53)18-79-5)46(75)56-17-37(70)64-43(44(73)25-9-7-6-8-10-25)52-61-32(21-82-52)50-59-30(19-81-50)41-27(12-13-28(57-41)49-63-34(22-83-49)62-35(68)14-11-26(54(77)78)15-38(71)72)48-60-31(20-80-48)45(74)58-29(16-36(69)55-4)51-66-40(24(3)84-51)47(76)65-39/h6-10,12-13,19-23,26,29,39,43-44,73H,11,14-18H2,1-5H3,(H,55,69)(H,56,75)(H,58,74)(H,62,68)(H,64,70)(H,65,76)(H,71,72)(H,77,78)/t26-,29+,39+,43+,44+/m1/s1. The number of carbonyl (C=O) groups excluding carboxylic acids is 6. The monoisotopic (exact) mass is 1270 g/mol. The zero-order valence-electron chi connectivity index (χ0n) is 45.7. The van der Waals surface area contributed by atoms with Crippen LogP contribution >= 0.6 is 68.0 Å². The van der Waals surface area contributed by atoms with E-state index in [0.717, 1.165) is 56.7 Å². The average molecular weight is 1270 g/mol. The summed E-state index contributed by atoms with van der Waals surface area (Å²) in [5.74, 6) is -7.59. The Morgan fingerprint density at radius 2 is 1.40 bits per heavy atom. The largest absolute Gasteiger partial charge is 0.481 e. The first-order valence-electron chi connectivity index (χ1n) is 25.9. The number of hydrogen-bond acceptors (Lipinski definition) is 23. The van der Waals surface area contributed by atoms with Gasteiger partial charge in [0, 0.05) is 52.5 Å². The van der Waals surface area contributed by atoms with Crippen molar-refractivity contribution in [2.45, 2.75) is 77.3 Å². The molecule has 0 radical (unpaired) electrons. The average Bonchev–Trinajstić information content (AvgIpc) is 3.50. The van der Waals surface area contributed by atoms with Crippen LogP contribution in [0.25, 0.3) is 43.4 Å². The van der Waals surface area contributed by atoms with Crippen molar-refractivity contribution < 1.29 is 58.4 Å². The van der Waals surface area contributed by atoms with Gasteiger partial charge in [-0.1, -0.05) is 44.2 Å². The number of carboxylic acids is 2. The summed E-state index contributed by atoms with van der Waals surface area (Å²) in [7, 11) is 2.91. The number of carbonyl (C=O) groups is 8. The topological polar surface area (TPSA) is 369 Å². The number of hydrogen-bond donors (Lipinski definition) is 9. The Morgan fingerprint density at radius 1 is 0.694 bits per heavy atom. The maximum atomic E-state index is 14.3. The van der Waals surface area contributed by atoms with Gasteiger partial charge in [0.2, 0.25) is 17.7 Å². The lowest BCUT2D eigenvalue weighted by molar-refractivity contribution is -0.148. The Bertz CT molecular complexity index is 3820. The van der Waals surface area contributed by atoms with Crippen LogP contribution in [0.5, 0.6) is 0 Å². The Labute approximate surface area is 507 Å². The summed E-state index contributed by atoms with van der Waals surface area (Å²) in [6.07, 6.45) is -2.68. The maximum absolute atomic E-state index is 14.3. The van der Waals surface area contributed by atoms with Gasteiger partial charge in [-0.3, -0.25) is 38.4 Å². The number of pyridine rings is 1. The van der Waals surface area contributed by atoms with E-state index in [1.807, 2.05) is 13.8 Å². The van der Waals surface area contributed by atoms with Crippen LogP contribution in [0.2, 0.25) is 0 Å². The SMILES string of the molecule is CNC(=O)C[C@@H]1NC(=O)c2csc(n2)-c2ccc(-c3nc(NC(=O)CC[C@H](CC(=O)O)C(=O)O)cs3)nc2-c2csc(n2)-c2csc(n2)[C@H]([C@@H](O)c2ccccc2)NC(=O)CNC(=O)c2nc(sc2COC)[C@H](C(C)C)NC(=O)c2nc1sc2C. The number of nitrogens with zero attached hydrogens (tertiary/aromatic N) is 7. The maximum Gasteiger partial charge on any atom is 0.307 e. The van der Waals surface area contributed by atoms with Gasteiger partial charge >= 0.3 is 11.9 Å². The van der Waals surface area contributed by atoms with E-state index in [2.05, 4.69) is 46.9 Å². The predicted molar refractivity (Wildman–Crippen MR) is 318 cm³/mol. The first-order chi connectivity index (χ1) is 40.8. The van der Waals surface area contributed by atoms with E-state index < -0.39 is 90.5 Å². The van der Waals surface area contributed by atoms with Crippen LogP contribution in [0.4, 0.5) is 5.82 Å². The smallest absolute Gasteiger partial charge is 0.307 e. The molecule has 0 saturated carbocycles. The minimum absolute atomic E-state index is 0.0116. The number of aryl methyl sites for hydroxylation is 1. The Balaban J connectivity index is 1.10. The third kappa shape index (κ3) is 14.7. The summed E-state index contributed by atoms with van der Waals surface area (Å²) >= 11 is 6.94. The molecule has 9 N–H and O–H groups in total. The number of benzene rings is 1. The molecule has 8 aromatic rings. The Morgan fingerprint density at radius 3 is 2.13 bits per heavy atom. The van der Waals surface area contributed by atoms with Crippen molar-refractivity contribution in [1.29, 1.82) is 0 Å². The molecule has 0 aliphatic carbocycles.